The molecule has 1 saturated heterocycles. The van der Waals surface area contributed by atoms with E-state index in [1.807, 2.05) is 6.07 Å². The first kappa shape index (κ1) is 13.3. The van der Waals surface area contributed by atoms with Gasteiger partial charge in [-0.1, -0.05) is 0 Å². The molecular formula is C12H19N7. The van der Waals surface area contributed by atoms with Crippen LogP contribution in [0.2, 0.25) is 0 Å². The average molecular weight is 261 g/mol. The van der Waals surface area contributed by atoms with E-state index in [0.717, 1.165) is 30.2 Å². The van der Waals surface area contributed by atoms with Gasteiger partial charge in [-0.25, -0.2) is 4.98 Å². The smallest absolute Gasteiger partial charge is 0.222 e. The monoisotopic (exact) mass is 261 g/mol. The van der Waals surface area contributed by atoms with Gasteiger partial charge in [0.1, 0.15) is 5.82 Å². The minimum atomic E-state index is 0.311. The van der Waals surface area contributed by atoms with Crippen molar-refractivity contribution in [3.63, 3.8) is 0 Å². The van der Waals surface area contributed by atoms with E-state index in [4.69, 9.17) is 5.73 Å². The molecule has 0 atom stereocenters. The molecule has 1 aliphatic rings. The van der Waals surface area contributed by atoms with Crippen molar-refractivity contribution in [3.8, 4) is 11.3 Å². The van der Waals surface area contributed by atoms with E-state index in [1.54, 1.807) is 12.4 Å². The number of aromatic amines is 1. The zero-order chi connectivity index (χ0) is 13.7. The van der Waals surface area contributed by atoms with Crippen LogP contribution >= 0.6 is 0 Å². The number of hydrogen-bond acceptors (Lipinski definition) is 6. The molecule has 0 saturated carbocycles. The molecule has 0 unspecified atom stereocenters. The summed E-state index contributed by atoms with van der Waals surface area (Å²) < 4.78 is 0. The second-order valence-corrected chi connectivity index (χ2v) is 4.15. The Kier molecular flexibility index (Phi) is 4.30. The molecule has 1 aliphatic heterocycles. The van der Waals surface area contributed by atoms with Gasteiger partial charge in [0.2, 0.25) is 5.95 Å². The summed E-state index contributed by atoms with van der Waals surface area (Å²) in [6.07, 6.45) is 5.96. The third kappa shape index (κ3) is 3.00. The topological polar surface area (TPSA) is 110 Å². The largest absolute Gasteiger partial charge is 0.368 e. The van der Waals surface area contributed by atoms with Gasteiger partial charge >= 0.3 is 0 Å². The summed E-state index contributed by atoms with van der Waals surface area (Å²) in [4.78, 5) is 10.8. The zero-order valence-corrected chi connectivity index (χ0v) is 11.0. The number of H-pyrrole nitrogens is 1. The standard InChI is InChI=1S/C11H14N6.CH5N/c12-11-15-9(8-6-13-14-7-8)5-10(16-11)17-3-1-2-4-17;1-2/h5-7H,1-4H2,(H,13,14)(H2,12,15,16);2H2,1H3. The van der Waals surface area contributed by atoms with Crippen LogP contribution in [0.4, 0.5) is 11.8 Å². The Bertz CT molecular complexity index is 503. The molecule has 0 radical (unpaired) electrons. The molecule has 5 N–H and O–H groups in total. The van der Waals surface area contributed by atoms with E-state index in [2.05, 4.69) is 30.8 Å². The third-order valence-electron chi connectivity index (χ3n) is 2.95. The van der Waals surface area contributed by atoms with Gasteiger partial charge in [0.25, 0.3) is 0 Å². The van der Waals surface area contributed by atoms with Crippen LogP contribution in [0.25, 0.3) is 11.3 Å². The van der Waals surface area contributed by atoms with Crippen LogP contribution in [0.15, 0.2) is 18.5 Å². The molecule has 7 heteroatoms. The molecule has 3 heterocycles. The maximum Gasteiger partial charge on any atom is 0.222 e. The number of anilines is 2. The Labute approximate surface area is 112 Å². The molecule has 0 spiro atoms. The number of nitrogens with two attached hydrogens (primary N) is 2. The van der Waals surface area contributed by atoms with E-state index in [-0.39, 0.29) is 0 Å². The van der Waals surface area contributed by atoms with E-state index in [1.165, 1.54) is 19.9 Å². The van der Waals surface area contributed by atoms with Crippen molar-refractivity contribution < 1.29 is 0 Å². The second kappa shape index (κ2) is 6.14. The quantitative estimate of drug-likeness (QED) is 0.731. The predicted octanol–water partition coefficient (Wildman–Crippen LogP) is 0.624. The molecule has 2 aromatic heterocycles. The number of rotatable bonds is 2. The Hall–Kier alpha value is -2.15. The molecule has 0 amide bonds. The summed E-state index contributed by atoms with van der Waals surface area (Å²) in [6, 6.07) is 1.96. The Balaban J connectivity index is 0.000000637. The highest BCUT2D eigenvalue weighted by atomic mass is 15.2. The first-order valence-electron chi connectivity index (χ1n) is 6.29. The normalized spacial score (nSPS) is 14.1. The number of nitrogen functional groups attached to an aromatic ring is 1. The highest BCUT2D eigenvalue weighted by Crippen LogP contribution is 2.24. The summed E-state index contributed by atoms with van der Waals surface area (Å²) in [5, 5.41) is 6.69. The van der Waals surface area contributed by atoms with Gasteiger partial charge in [-0.2, -0.15) is 10.1 Å². The van der Waals surface area contributed by atoms with Crippen LogP contribution in [0.3, 0.4) is 0 Å². The fourth-order valence-corrected chi connectivity index (χ4v) is 2.10. The van der Waals surface area contributed by atoms with Crippen molar-refractivity contribution in [1.82, 2.24) is 20.2 Å². The van der Waals surface area contributed by atoms with Crippen LogP contribution in [0, 0.1) is 0 Å². The zero-order valence-electron chi connectivity index (χ0n) is 11.0. The Morgan fingerprint density at radius 3 is 2.58 bits per heavy atom. The van der Waals surface area contributed by atoms with E-state index >= 15 is 0 Å². The minimum Gasteiger partial charge on any atom is -0.368 e. The fourth-order valence-electron chi connectivity index (χ4n) is 2.10. The SMILES string of the molecule is CN.Nc1nc(-c2cn[nH]c2)cc(N2CCCC2)n1. The summed E-state index contributed by atoms with van der Waals surface area (Å²) in [7, 11) is 1.50. The van der Waals surface area contributed by atoms with Crippen LogP contribution < -0.4 is 16.4 Å². The molecule has 0 aliphatic carbocycles. The number of hydrogen-bond donors (Lipinski definition) is 3. The summed E-state index contributed by atoms with van der Waals surface area (Å²) in [5.74, 6) is 1.22. The molecule has 0 bridgehead atoms. The Morgan fingerprint density at radius 2 is 1.95 bits per heavy atom. The molecule has 102 valence electrons. The van der Waals surface area contributed by atoms with Gasteiger partial charge in [-0.15, -0.1) is 0 Å². The van der Waals surface area contributed by atoms with Gasteiger partial charge in [-0.3, -0.25) is 5.10 Å². The van der Waals surface area contributed by atoms with Crippen LogP contribution in [-0.4, -0.2) is 40.3 Å². The van der Waals surface area contributed by atoms with Gasteiger partial charge in [0.05, 0.1) is 11.9 Å². The van der Waals surface area contributed by atoms with E-state index < -0.39 is 0 Å². The lowest BCUT2D eigenvalue weighted by Crippen LogP contribution is -2.19. The van der Waals surface area contributed by atoms with Crippen molar-refractivity contribution in [2.45, 2.75) is 12.8 Å². The number of nitrogens with zero attached hydrogens (tertiary/aromatic N) is 4. The van der Waals surface area contributed by atoms with Gasteiger partial charge in [0.15, 0.2) is 0 Å². The maximum absolute atomic E-state index is 5.75. The van der Waals surface area contributed by atoms with Crippen molar-refractivity contribution in [3.05, 3.63) is 18.5 Å². The summed E-state index contributed by atoms with van der Waals surface area (Å²) in [5.41, 5.74) is 12.0. The van der Waals surface area contributed by atoms with Gasteiger partial charge < -0.3 is 16.4 Å². The summed E-state index contributed by atoms with van der Waals surface area (Å²) >= 11 is 0. The molecule has 1 fully saturated rings. The van der Waals surface area contributed by atoms with Crippen LogP contribution in [0.1, 0.15) is 12.8 Å². The van der Waals surface area contributed by atoms with Gasteiger partial charge in [-0.05, 0) is 19.9 Å². The lowest BCUT2D eigenvalue weighted by molar-refractivity contribution is 0.932. The number of aromatic nitrogens is 4. The first-order valence-corrected chi connectivity index (χ1v) is 6.29. The Morgan fingerprint density at radius 1 is 1.21 bits per heavy atom. The van der Waals surface area contributed by atoms with Crippen LogP contribution in [0.5, 0.6) is 0 Å². The van der Waals surface area contributed by atoms with Crippen LogP contribution in [-0.2, 0) is 0 Å². The van der Waals surface area contributed by atoms with E-state index in [0.29, 0.717) is 5.95 Å². The van der Waals surface area contributed by atoms with Crippen molar-refractivity contribution >= 4 is 11.8 Å². The molecule has 7 nitrogen and oxygen atoms in total. The second-order valence-electron chi connectivity index (χ2n) is 4.15. The highest BCUT2D eigenvalue weighted by molar-refractivity contribution is 5.63. The number of nitrogens with one attached hydrogen (secondary N) is 1. The maximum atomic E-state index is 5.75. The lowest BCUT2D eigenvalue weighted by Gasteiger charge is -2.16. The van der Waals surface area contributed by atoms with E-state index in [9.17, 15) is 0 Å². The molecule has 3 rings (SSSR count). The average Bonchev–Trinajstić information content (AvgIpc) is 3.14. The fraction of sp³-hybridized carbons (Fsp3) is 0.417. The molecule has 19 heavy (non-hydrogen) atoms. The summed E-state index contributed by atoms with van der Waals surface area (Å²) in [6.45, 7) is 2.09. The van der Waals surface area contributed by atoms with Crippen molar-refractivity contribution in [2.75, 3.05) is 30.8 Å². The predicted molar refractivity (Wildman–Crippen MR) is 75.6 cm³/mol. The molecular weight excluding hydrogens is 242 g/mol. The van der Waals surface area contributed by atoms with Crippen molar-refractivity contribution in [1.29, 1.82) is 0 Å². The van der Waals surface area contributed by atoms with Crippen molar-refractivity contribution in [2.24, 2.45) is 5.73 Å². The minimum absolute atomic E-state index is 0.311. The molecule has 2 aromatic rings. The lowest BCUT2D eigenvalue weighted by atomic mass is 10.2. The highest BCUT2D eigenvalue weighted by Gasteiger charge is 2.15. The van der Waals surface area contributed by atoms with Gasteiger partial charge in [0, 0.05) is 30.9 Å². The third-order valence-corrected chi connectivity index (χ3v) is 2.95. The molecule has 0 aromatic carbocycles. The first-order chi connectivity index (χ1) is 9.33.